The van der Waals surface area contributed by atoms with Gasteiger partial charge >= 0.3 is 0 Å². The lowest BCUT2D eigenvalue weighted by atomic mass is 9.97. The number of H-pyrrole nitrogens is 2. The number of hydrogen-bond donors (Lipinski definition) is 2. The Hall–Kier alpha value is -7.04. The minimum Gasteiger partial charge on any atom is -0.354 e. The number of hydrogen-bond acceptors (Lipinski definition) is 0. The highest BCUT2D eigenvalue weighted by Crippen LogP contribution is 2.44. The van der Waals surface area contributed by atoms with Crippen molar-refractivity contribution >= 4 is 87.2 Å². The summed E-state index contributed by atoms with van der Waals surface area (Å²) < 4.78 is 4.88. The van der Waals surface area contributed by atoms with Crippen molar-refractivity contribution in [3.8, 4) is 22.5 Å². The fourth-order valence-electron chi connectivity index (χ4n) is 8.96. The van der Waals surface area contributed by atoms with Crippen LogP contribution < -0.4 is 0 Å². The van der Waals surface area contributed by atoms with Gasteiger partial charge in [-0.25, -0.2) is 0 Å². The predicted octanol–water partition coefficient (Wildman–Crippen LogP) is 12.8. The smallest absolute Gasteiger partial charge is 0.0546 e. The van der Waals surface area contributed by atoms with Gasteiger partial charge in [-0.1, -0.05) is 109 Å². The number of aromatic nitrogens is 4. The van der Waals surface area contributed by atoms with Crippen LogP contribution in [0.5, 0.6) is 0 Å². The summed E-state index contributed by atoms with van der Waals surface area (Å²) in [5.74, 6) is 0. The Balaban J connectivity index is 1.26. The van der Waals surface area contributed by atoms with Crippen LogP contribution in [0.4, 0.5) is 0 Å². The summed E-state index contributed by atoms with van der Waals surface area (Å²) in [6.07, 6.45) is 0. The zero-order valence-electron chi connectivity index (χ0n) is 28.1. The molecule has 4 heteroatoms. The summed E-state index contributed by atoms with van der Waals surface area (Å²) in [5, 5.41) is 9.86. The van der Waals surface area contributed by atoms with Crippen molar-refractivity contribution in [2.75, 3.05) is 0 Å². The molecule has 2 N–H and O–H groups in total. The van der Waals surface area contributed by atoms with Gasteiger partial charge in [0.05, 0.1) is 33.1 Å². The lowest BCUT2D eigenvalue weighted by Crippen LogP contribution is -1.97. The molecule has 0 spiro atoms. The quantitative estimate of drug-likeness (QED) is 0.189. The van der Waals surface area contributed by atoms with Crippen LogP contribution >= 0.6 is 0 Å². The Morgan fingerprint density at radius 1 is 0.288 bits per heavy atom. The lowest BCUT2D eigenvalue weighted by molar-refractivity contribution is 1.18. The van der Waals surface area contributed by atoms with Crippen molar-refractivity contribution in [3.63, 3.8) is 0 Å². The van der Waals surface area contributed by atoms with E-state index < -0.39 is 0 Å². The Morgan fingerprint density at radius 2 is 0.596 bits per heavy atom. The molecule has 4 heterocycles. The topological polar surface area (TPSA) is 41.4 Å². The van der Waals surface area contributed by atoms with Crippen molar-refractivity contribution in [2.24, 2.45) is 0 Å². The second-order valence-electron chi connectivity index (χ2n) is 13.9. The molecule has 0 aliphatic rings. The fourth-order valence-corrected chi connectivity index (χ4v) is 8.96. The van der Waals surface area contributed by atoms with Gasteiger partial charge in [0.1, 0.15) is 0 Å². The zero-order chi connectivity index (χ0) is 33.9. The van der Waals surface area contributed by atoms with E-state index in [0.717, 1.165) is 44.6 Å². The van der Waals surface area contributed by atoms with Crippen LogP contribution in [0.15, 0.2) is 170 Å². The first-order chi connectivity index (χ1) is 25.8. The highest BCUT2D eigenvalue weighted by Gasteiger charge is 2.21. The van der Waals surface area contributed by atoms with Gasteiger partial charge in [-0.2, -0.15) is 0 Å². The summed E-state index contributed by atoms with van der Waals surface area (Å²) in [6.45, 7) is 0. The molecule has 0 saturated carbocycles. The van der Waals surface area contributed by atoms with E-state index in [2.05, 4.69) is 189 Å². The highest BCUT2D eigenvalue weighted by molar-refractivity contribution is 6.19. The van der Waals surface area contributed by atoms with Crippen molar-refractivity contribution in [3.05, 3.63) is 170 Å². The number of para-hydroxylation sites is 6. The monoisotopic (exact) mass is 662 g/mol. The van der Waals surface area contributed by atoms with Gasteiger partial charge in [0.15, 0.2) is 0 Å². The van der Waals surface area contributed by atoms with E-state index in [-0.39, 0.29) is 0 Å². The Bertz CT molecular complexity index is 3080. The van der Waals surface area contributed by atoms with E-state index in [9.17, 15) is 0 Å². The summed E-state index contributed by atoms with van der Waals surface area (Å²) in [4.78, 5) is 7.75. The molecule has 0 amide bonds. The molecule has 12 aromatic rings. The summed E-state index contributed by atoms with van der Waals surface area (Å²) >= 11 is 0. The van der Waals surface area contributed by atoms with Crippen molar-refractivity contribution in [1.82, 2.24) is 19.1 Å². The zero-order valence-corrected chi connectivity index (χ0v) is 28.1. The lowest BCUT2D eigenvalue weighted by Gasteiger charge is -2.15. The largest absolute Gasteiger partial charge is 0.354 e. The molecule has 4 aromatic heterocycles. The summed E-state index contributed by atoms with van der Waals surface area (Å²) in [7, 11) is 0. The summed E-state index contributed by atoms with van der Waals surface area (Å²) in [6, 6.07) is 62.0. The first kappa shape index (κ1) is 27.7. The molecular formula is C48H30N4. The molecule has 8 aromatic carbocycles. The van der Waals surface area contributed by atoms with Gasteiger partial charge in [-0.15, -0.1) is 0 Å². The molecule has 0 aliphatic carbocycles. The Morgan fingerprint density at radius 3 is 0.962 bits per heavy atom. The van der Waals surface area contributed by atoms with Crippen molar-refractivity contribution in [1.29, 1.82) is 0 Å². The van der Waals surface area contributed by atoms with Crippen LogP contribution in [0.25, 0.3) is 110 Å². The summed E-state index contributed by atoms with van der Waals surface area (Å²) in [5.41, 5.74) is 13.9. The van der Waals surface area contributed by atoms with E-state index in [1.165, 1.54) is 65.2 Å². The molecule has 52 heavy (non-hydrogen) atoms. The second kappa shape index (κ2) is 10.3. The first-order valence-electron chi connectivity index (χ1n) is 17.9. The van der Waals surface area contributed by atoms with Crippen LogP contribution in [-0.2, 0) is 0 Å². The third-order valence-corrected chi connectivity index (χ3v) is 11.2. The molecule has 0 fully saturated rings. The van der Waals surface area contributed by atoms with E-state index >= 15 is 0 Å². The van der Waals surface area contributed by atoms with Gasteiger partial charge in [0, 0.05) is 76.6 Å². The third kappa shape index (κ3) is 3.70. The number of nitrogens with zero attached hydrogens (tertiary/aromatic N) is 2. The van der Waals surface area contributed by atoms with Crippen LogP contribution in [-0.4, -0.2) is 19.1 Å². The van der Waals surface area contributed by atoms with Crippen molar-refractivity contribution in [2.45, 2.75) is 0 Å². The first-order valence-corrected chi connectivity index (χ1v) is 17.9. The van der Waals surface area contributed by atoms with Gasteiger partial charge < -0.3 is 19.1 Å². The van der Waals surface area contributed by atoms with E-state index in [1.807, 2.05) is 0 Å². The van der Waals surface area contributed by atoms with Gasteiger partial charge in [-0.3, -0.25) is 0 Å². The Labute approximate surface area is 297 Å². The molecule has 0 unspecified atom stereocenters. The number of fused-ring (bicyclic) bond motifs is 12. The van der Waals surface area contributed by atoms with Gasteiger partial charge in [-0.05, 0) is 60.7 Å². The second-order valence-corrected chi connectivity index (χ2v) is 13.9. The van der Waals surface area contributed by atoms with Gasteiger partial charge in [0.2, 0.25) is 0 Å². The molecular weight excluding hydrogens is 633 g/mol. The predicted molar refractivity (Wildman–Crippen MR) is 219 cm³/mol. The molecule has 0 bridgehead atoms. The maximum atomic E-state index is 3.87. The minimum atomic E-state index is 1.13. The molecule has 4 nitrogen and oxygen atoms in total. The van der Waals surface area contributed by atoms with Crippen molar-refractivity contribution < 1.29 is 0 Å². The molecule has 12 rings (SSSR count). The average molecular weight is 663 g/mol. The molecule has 0 saturated heterocycles. The van der Waals surface area contributed by atoms with Crippen LogP contribution in [0.3, 0.4) is 0 Å². The number of benzene rings is 8. The third-order valence-electron chi connectivity index (χ3n) is 11.2. The molecule has 0 radical (unpaired) electrons. The maximum Gasteiger partial charge on any atom is 0.0546 e. The molecule has 0 aliphatic heterocycles. The number of aromatic amines is 2. The molecule has 242 valence electrons. The average Bonchev–Trinajstić information content (AvgIpc) is 3.95. The maximum absolute atomic E-state index is 3.87. The highest BCUT2D eigenvalue weighted by atomic mass is 15.0. The minimum absolute atomic E-state index is 1.13. The number of rotatable bonds is 3. The van der Waals surface area contributed by atoms with Crippen LogP contribution in [0, 0.1) is 0 Å². The fraction of sp³-hybridized carbons (Fsp3) is 0. The van der Waals surface area contributed by atoms with Gasteiger partial charge in [0.25, 0.3) is 0 Å². The van der Waals surface area contributed by atoms with E-state index in [0.29, 0.717) is 0 Å². The normalized spacial score (nSPS) is 12.2. The van der Waals surface area contributed by atoms with E-state index in [1.54, 1.807) is 0 Å². The van der Waals surface area contributed by atoms with E-state index in [4.69, 9.17) is 0 Å². The van der Waals surface area contributed by atoms with Crippen LogP contribution in [0.2, 0.25) is 0 Å². The SMILES string of the molecule is c1ccc2c(c1)[nH]c1c(-c3cc(-n4c5ccccc5c5ccccc54)cc4c3[nH]c3ccccc34)cc(-n3c4ccccc4c4ccccc43)cc12. The number of nitrogens with one attached hydrogen (secondary N) is 2. The Kier molecular flexibility index (Phi) is 5.47. The molecule has 0 atom stereocenters. The standard InChI is InChI=1S/C48H30N4/c1-7-19-41-31(13-1)37-25-29(51-43-21-9-3-15-33(43)34-16-4-10-22-44(34)51)27-39(47(37)49-41)40-28-30(26-38-32-14-2-8-20-42(32)50-48(38)40)52-45-23-11-5-17-35(45)36-18-6-12-24-46(36)52/h1-28,49-50H. The van der Waals surface area contributed by atoms with Crippen LogP contribution in [0.1, 0.15) is 0 Å².